The van der Waals surface area contributed by atoms with Crippen molar-refractivity contribution in [2.24, 2.45) is 5.73 Å². The first kappa shape index (κ1) is 11.0. The molecule has 1 atom stereocenters. The summed E-state index contributed by atoms with van der Waals surface area (Å²) in [5, 5.41) is 8.42. The molecule has 17 heavy (non-hydrogen) atoms. The molecule has 0 radical (unpaired) electrons. The number of halogens is 1. The Morgan fingerprint density at radius 2 is 2.18 bits per heavy atom. The van der Waals surface area contributed by atoms with Gasteiger partial charge >= 0.3 is 0 Å². The van der Waals surface area contributed by atoms with Crippen molar-refractivity contribution < 1.29 is 0 Å². The summed E-state index contributed by atoms with van der Waals surface area (Å²) in [6, 6.07) is 5.84. The predicted octanol–water partition coefficient (Wildman–Crippen LogP) is 3.21. The van der Waals surface area contributed by atoms with Gasteiger partial charge in [-0.05, 0) is 39.0 Å². The van der Waals surface area contributed by atoms with Gasteiger partial charge in [0.2, 0.25) is 0 Å². The number of fused-ring (bicyclic) bond motifs is 1. The maximum Gasteiger partial charge on any atom is 0.0712 e. The molecule has 1 unspecified atom stereocenters. The molecule has 0 saturated heterocycles. The molecule has 5 heteroatoms. The maximum absolute atomic E-state index is 6.30. The second-order valence-electron chi connectivity index (χ2n) is 3.78. The van der Waals surface area contributed by atoms with Crippen LogP contribution in [0.4, 0.5) is 0 Å². The fraction of sp³-hybridized carbons (Fsp3) is 0.0833. The van der Waals surface area contributed by atoms with E-state index < -0.39 is 0 Å². The number of rotatable bonds is 2. The third-order valence-electron chi connectivity index (χ3n) is 2.77. The highest BCUT2D eigenvalue weighted by Gasteiger charge is 2.16. The number of hydrogen-bond donors (Lipinski definition) is 1. The molecular weight excluding hydrogens is 298 g/mol. The van der Waals surface area contributed by atoms with Crippen molar-refractivity contribution in [3.63, 3.8) is 0 Å². The summed E-state index contributed by atoms with van der Waals surface area (Å²) in [7, 11) is 0. The van der Waals surface area contributed by atoms with Crippen LogP contribution in [0.2, 0.25) is 0 Å². The highest BCUT2D eigenvalue weighted by atomic mass is 79.9. The smallest absolute Gasteiger partial charge is 0.0712 e. The average Bonchev–Trinajstić information content (AvgIpc) is 2.94. The zero-order valence-corrected chi connectivity index (χ0v) is 11.3. The van der Waals surface area contributed by atoms with Crippen molar-refractivity contribution in [1.82, 2.24) is 9.61 Å². The van der Waals surface area contributed by atoms with E-state index >= 15 is 0 Å². The maximum atomic E-state index is 6.30. The lowest BCUT2D eigenvalue weighted by molar-refractivity contribution is 0.880. The number of nitrogens with two attached hydrogens (primary N) is 1. The molecule has 3 aromatic heterocycles. The Morgan fingerprint density at radius 1 is 1.29 bits per heavy atom. The Hall–Kier alpha value is -1.17. The van der Waals surface area contributed by atoms with Crippen LogP contribution in [-0.4, -0.2) is 9.61 Å². The number of hydrogen-bond acceptors (Lipinski definition) is 3. The van der Waals surface area contributed by atoms with Gasteiger partial charge in [0.05, 0.1) is 17.8 Å². The molecule has 0 amide bonds. The number of aromatic nitrogens is 2. The van der Waals surface area contributed by atoms with Crippen LogP contribution in [-0.2, 0) is 0 Å². The lowest BCUT2D eigenvalue weighted by Gasteiger charge is -2.09. The Kier molecular flexibility index (Phi) is 2.74. The largest absolute Gasteiger partial charge is 0.320 e. The number of thiophene rings is 1. The van der Waals surface area contributed by atoms with E-state index in [0.29, 0.717) is 0 Å². The van der Waals surface area contributed by atoms with Crippen LogP contribution >= 0.6 is 27.3 Å². The van der Waals surface area contributed by atoms with E-state index in [9.17, 15) is 0 Å². The molecule has 0 aromatic carbocycles. The Labute approximate surface area is 111 Å². The Morgan fingerprint density at radius 3 is 2.94 bits per heavy atom. The first-order chi connectivity index (χ1) is 8.27. The van der Waals surface area contributed by atoms with Gasteiger partial charge in [0.15, 0.2) is 0 Å². The van der Waals surface area contributed by atoms with Crippen molar-refractivity contribution in [2.75, 3.05) is 0 Å². The average molecular weight is 308 g/mol. The van der Waals surface area contributed by atoms with Crippen LogP contribution < -0.4 is 5.73 Å². The fourth-order valence-electron chi connectivity index (χ4n) is 1.87. The molecule has 3 rings (SSSR count). The van der Waals surface area contributed by atoms with E-state index in [1.54, 1.807) is 11.3 Å². The van der Waals surface area contributed by atoms with Gasteiger partial charge in [-0.15, -0.1) is 0 Å². The standard InChI is InChI=1S/C12H10BrN3S/c13-10-7-17-6-9(10)12(14)8-5-15-16-4-2-1-3-11(8)16/h1-7,12H,14H2. The first-order valence-electron chi connectivity index (χ1n) is 5.17. The molecule has 0 aliphatic rings. The minimum atomic E-state index is -0.143. The molecule has 3 aromatic rings. The molecule has 0 bridgehead atoms. The van der Waals surface area contributed by atoms with Crippen molar-refractivity contribution in [3.8, 4) is 0 Å². The second-order valence-corrected chi connectivity index (χ2v) is 5.38. The van der Waals surface area contributed by atoms with Crippen LogP contribution in [0.5, 0.6) is 0 Å². The molecule has 3 heterocycles. The topological polar surface area (TPSA) is 43.3 Å². The van der Waals surface area contributed by atoms with Crippen molar-refractivity contribution in [1.29, 1.82) is 0 Å². The second kappa shape index (κ2) is 4.25. The molecule has 0 spiro atoms. The summed E-state index contributed by atoms with van der Waals surface area (Å²) in [6.07, 6.45) is 3.76. The van der Waals surface area contributed by atoms with E-state index in [1.165, 1.54) is 0 Å². The summed E-state index contributed by atoms with van der Waals surface area (Å²) in [5.74, 6) is 0. The summed E-state index contributed by atoms with van der Waals surface area (Å²) in [4.78, 5) is 0. The highest BCUT2D eigenvalue weighted by molar-refractivity contribution is 9.10. The van der Waals surface area contributed by atoms with Crippen molar-refractivity contribution in [2.45, 2.75) is 6.04 Å². The minimum absolute atomic E-state index is 0.143. The van der Waals surface area contributed by atoms with Crippen LogP contribution in [0.25, 0.3) is 5.52 Å². The molecule has 0 fully saturated rings. The number of nitrogens with zero attached hydrogens (tertiary/aromatic N) is 2. The van der Waals surface area contributed by atoms with Gasteiger partial charge in [0.25, 0.3) is 0 Å². The number of pyridine rings is 1. The zero-order valence-electron chi connectivity index (χ0n) is 8.88. The van der Waals surface area contributed by atoms with Gasteiger partial charge in [-0.1, -0.05) is 6.07 Å². The van der Waals surface area contributed by atoms with Crippen LogP contribution in [0, 0.1) is 0 Å². The van der Waals surface area contributed by atoms with E-state index in [0.717, 1.165) is 21.1 Å². The van der Waals surface area contributed by atoms with Gasteiger partial charge in [-0.3, -0.25) is 0 Å². The van der Waals surface area contributed by atoms with Crippen molar-refractivity contribution >= 4 is 32.8 Å². The summed E-state index contributed by atoms with van der Waals surface area (Å²) in [6.45, 7) is 0. The SMILES string of the molecule is NC(c1cscc1Br)c1cnn2ccccc12. The van der Waals surface area contributed by atoms with E-state index in [4.69, 9.17) is 5.73 Å². The Balaban J connectivity index is 2.13. The molecule has 86 valence electrons. The fourth-order valence-corrected chi connectivity index (χ4v) is 3.45. The molecule has 0 saturated carbocycles. The highest BCUT2D eigenvalue weighted by Crippen LogP contribution is 2.31. The summed E-state index contributed by atoms with van der Waals surface area (Å²) >= 11 is 5.16. The summed E-state index contributed by atoms with van der Waals surface area (Å²) < 4.78 is 2.90. The third kappa shape index (κ3) is 1.80. The van der Waals surface area contributed by atoms with E-state index in [-0.39, 0.29) is 6.04 Å². The zero-order chi connectivity index (χ0) is 11.8. The van der Waals surface area contributed by atoms with E-state index in [1.807, 2.05) is 40.5 Å². The van der Waals surface area contributed by atoms with Crippen molar-refractivity contribution in [3.05, 3.63) is 57.0 Å². The van der Waals surface area contributed by atoms with Crippen LogP contribution in [0.3, 0.4) is 0 Å². The van der Waals surface area contributed by atoms with Gasteiger partial charge in [0.1, 0.15) is 0 Å². The quantitative estimate of drug-likeness (QED) is 0.790. The van der Waals surface area contributed by atoms with Gasteiger partial charge in [0, 0.05) is 21.6 Å². The molecule has 2 N–H and O–H groups in total. The monoisotopic (exact) mass is 307 g/mol. The normalized spacial score (nSPS) is 13.1. The molecular formula is C12H10BrN3S. The summed E-state index contributed by atoms with van der Waals surface area (Å²) in [5.41, 5.74) is 9.50. The first-order valence-corrected chi connectivity index (χ1v) is 6.90. The van der Waals surface area contributed by atoms with Crippen LogP contribution in [0.15, 0.2) is 45.8 Å². The lowest BCUT2D eigenvalue weighted by atomic mass is 10.0. The van der Waals surface area contributed by atoms with E-state index in [2.05, 4.69) is 26.4 Å². The lowest BCUT2D eigenvalue weighted by Crippen LogP contribution is -2.11. The third-order valence-corrected chi connectivity index (χ3v) is 4.52. The van der Waals surface area contributed by atoms with Crippen LogP contribution in [0.1, 0.15) is 17.2 Å². The van der Waals surface area contributed by atoms with Gasteiger partial charge in [-0.2, -0.15) is 16.4 Å². The molecule has 3 nitrogen and oxygen atoms in total. The molecule has 0 aliphatic carbocycles. The van der Waals surface area contributed by atoms with Gasteiger partial charge < -0.3 is 5.73 Å². The van der Waals surface area contributed by atoms with Gasteiger partial charge in [-0.25, -0.2) is 4.52 Å². The Bertz CT molecular complexity index is 658. The molecule has 0 aliphatic heterocycles. The minimum Gasteiger partial charge on any atom is -0.320 e. The predicted molar refractivity (Wildman–Crippen MR) is 73.2 cm³/mol.